The van der Waals surface area contributed by atoms with Crippen LogP contribution in [0.3, 0.4) is 0 Å². The normalized spacial score (nSPS) is 16.9. The molecule has 28 heavy (non-hydrogen) atoms. The van der Waals surface area contributed by atoms with Crippen molar-refractivity contribution < 1.29 is 9.21 Å². The number of furan rings is 1. The van der Waals surface area contributed by atoms with E-state index in [0.29, 0.717) is 13.1 Å². The molecule has 4 rings (SSSR count). The summed E-state index contributed by atoms with van der Waals surface area (Å²) >= 11 is 0. The number of aryl methyl sites for hydroxylation is 2. The molecule has 1 N–H and O–H groups in total. The van der Waals surface area contributed by atoms with Crippen molar-refractivity contribution in [2.45, 2.75) is 33.2 Å². The average Bonchev–Trinajstić information content (AvgIpc) is 3.35. The Balaban J connectivity index is 1.45. The Hall–Kier alpha value is -3.16. The van der Waals surface area contributed by atoms with Gasteiger partial charge < -0.3 is 14.6 Å². The summed E-state index contributed by atoms with van der Waals surface area (Å²) in [6.45, 7) is 5.88. The third kappa shape index (κ3) is 3.90. The Kier molecular flexibility index (Phi) is 5.10. The number of nitrogens with one attached hydrogen (secondary N) is 1. The molecule has 0 aliphatic carbocycles. The number of hydrogen-bond acceptors (Lipinski definition) is 6. The third-order valence-corrected chi connectivity index (χ3v) is 5.00. The molecule has 1 aliphatic rings. The van der Waals surface area contributed by atoms with Gasteiger partial charge in [0.15, 0.2) is 5.82 Å². The third-order valence-electron chi connectivity index (χ3n) is 5.00. The van der Waals surface area contributed by atoms with Crippen LogP contribution in [0.1, 0.15) is 30.0 Å². The van der Waals surface area contributed by atoms with Crippen molar-refractivity contribution >= 4 is 11.7 Å². The second kappa shape index (κ2) is 7.84. The van der Waals surface area contributed by atoms with Crippen molar-refractivity contribution in [3.05, 3.63) is 54.0 Å². The van der Waals surface area contributed by atoms with Crippen molar-refractivity contribution in [2.75, 3.05) is 18.0 Å². The maximum Gasteiger partial charge on any atom is 0.225 e. The molecule has 146 valence electrons. The van der Waals surface area contributed by atoms with Crippen molar-refractivity contribution in [1.29, 1.82) is 0 Å². The SMILES string of the molecule is Cc1cc(C)n(-c2cc(N3CCC[C@H](C(=O)NCc4ccco4)C3)ncn2)n1. The fourth-order valence-electron chi connectivity index (χ4n) is 3.62. The van der Waals surface area contributed by atoms with Gasteiger partial charge in [-0.2, -0.15) is 5.10 Å². The van der Waals surface area contributed by atoms with E-state index in [1.807, 2.05) is 42.8 Å². The van der Waals surface area contributed by atoms with E-state index in [1.165, 1.54) is 0 Å². The van der Waals surface area contributed by atoms with E-state index in [1.54, 1.807) is 12.6 Å². The molecule has 1 amide bonds. The number of anilines is 1. The first-order chi connectivity index (χ1) is 13.6. The van der Waals surface area contributed by atoms with Crippen LogP contribution in [0.2, 0.25) is 0 Å². The van der Waals surface area contributed by atoms with E-state index in [9.17, 15) is 4.79 Å². The molecule has 0 unspecified atom stereocenters. The Bertz CT molecular complexity index is 950. The van der Waals surface area contributed by atoms with Crippen LogP contribution in [0, 0.1) is 19.8 Å². The van der Waals surface area contributed by atoms with Crippen LogP contribution in [0.5, 0.6) is 0 Å². The predicted molar refractivity (Wildman–Crippen MR) is 104 cm³/mol. The monoisotopic (exact) mass is 380 g/mol. The van der Waals surface area contributed by atoms with Crippen LogP contribution in [0.4, 0.5) is 5.82 Å². The highest BCUT2D eigenvalue weighted by Crippen LogP contribution is 2.23. The van der Waals surface area contributed by atoms with Gasteiger partial charge in [-0.1, -0.05) is 0 Å². The molecule has 0 spiro atoms. The fourth-order valence-corrected chi connectivity index (χ4v) is 3.62. The summed E-state index contributed by atoms with van der Waals surface area (Å²) in [5.41, 5.74) is 1.97. The maximum atomic E-state index is 12.6. The summed E-state index contributed by atoms with van der Waals surface area (Å²) in [5.74, 6) is 2.29. The van der Waals surface area contributed by atoms with Gasteiger partial charge in [-0.15, -0.1) is 0 Å². The van der Waals surface area contributed by atoms with Crippen LogP contribution in [-0.2, 0) is 11.3 Å². The van der Waals surface area contributed by atoms with E-state index in [-0.39, 0.29) is 11.8 Å². The molecule has 0 aromatic carbocycles. The van der Waals surface area contributed by atoms with Crippen molar-refractivity contribution in [1.82, 2.24) is 25.1 Å². The second-order valence-corrected chi connectivity index (χ2v) is 7.16. The zero-order chi connectivity index (χ0) is 19.5. The summed E-state index contributed by atoms with van der Waals surface area (Å²) < 4.78 is 7.10. The number of amides is 1. The van der Waals surface area contributed by atoms with Gasteiger partial charge in [0, 0.05) is 24.8 Å². The molecule has 8 heteroatoms. The van der Waals surface area contributed by atoms with E-state index in [0.717, 1.165) is 48.2 Å². The van der Waals surface area contributed by atoms with Crippen LogP contribution in [0.15, 0.2) is 41.3 Å². The highest BCUT2D eigenvalue weighted by atomic mass is 16.3. The summed E-state index contributed by atoms with van der Waals surface area (Å²) in [6, 6.07) is 7.62. The number of rotatable bonds is 5. The zero-order valence-electron chi connectivity index (χ0n) is 16.1. The number of aromatic nitrogens is 4. The molecular formula is C20H24N6O2. The second-order valence-electron chi connectivity index (χ2n) is 7.16. The van der Waals surface area contributed by atoms with Gasteiger partial charge >= 0.3 is 0 Å². The first-order valence-electron chi connectivity index (χ1n) is 9.51. The predicted octanol–water partition coefficient (Wildman–Crippen LogP) is 2.40. The van der Waals surface area contributed by atoms with Crippen LogP contribution >= 0.6 is 0 Å². The quantitative estimate of drug-likeness (QED) is 0.731. The molecule has 0 saturated carbocycles. The number of carbonyl (C=O) groups is 1. The lowest BCUT2D eigenvalue weighted by molar-refractivity contribution is -0.125. The molecule has 0 bridgehead atoms. The van der Waals surface area contributed by atoms with Crippen LogP contribution in [-0.4, -0.2) is 38.7 Å². The molecule has 8 nitrogen and oxygen atoms in total. The van der Waals surface area contributed by atoms with E-state index in [2.05, 4.69) is 25.3 Å². The molecule has 3 aromatic rings. The van der Waals surface area contributed by atoms with Crippen molar-refractivity contribution in [2.24, 2.45) is 5.92 Å². The van der Waals surface area contributed by atoms with E-state index < -0.39 is 0 Å². The lowest BCUT2D eigenvalue weighted by Gasteiger charge is -2.32. The Morgan fingerprint density at radius 3 is 2.89 bits per heavy atom. The van der Waals surface area contributed by atoms with E-state index in [4.69, 9.17) is 4.42 Å². The molecule has 4 heterocycles. The summed E-state index contributed by atoms with van der Waals surface area (Å²) in [7, 11) is 0. The molecule has 1 aliphatic heterocycles. The molecular weight excluding hydrogens is 356 g/mol. The Labute approximate surface area is 163 Å². The average molecular weight is 380 g/mol. The largest absolute Gasteiger partial charge is 0.467 e. The Morgan fingerprint density at radius 1 is 1.29 bits per heavy atom. The molecule has 3 aromatic heterocycles. The molecule has 1 atom stereocenters. The zero-order valence-corrected chi connectivity index (χ0v) is 16.1. The lowest BCUT2D eigenvalue weighted by atomic mass is 9.97. The standard InChI is InChI=1S/C20H24N6O2/c1-14-9-15(2)26(24-14)19-10-18(22-13-23-19)25-7-3-5-16(12-25)20(27)21-11-17-6-4-8-28-17/h4,6,8-10,13,16H,3,5,7,11-12H2,1-2H3,(H,21,27)/t16-/m0/s1. The minimum atomic E-state index is -0.0733. The van der Waals surface area contributed by atoms with Crippen LogP contribution < -0.4 is 10.2 Å². The number of carbonyl (C=O) groups excluding carboxylic acids is 1. The summed E-state index contributed by atoms with van der Waals surface area (Å²) in [5, 5.41) is 7.46. The maximum absolute atomic E-state index is 12.6. The van der Waals surface area contributed by atoms with Gasteiger partial charge in [0.1, 0.15) is 17.9 Å². The summed E-state index contributed by atoms with van der Waals surface area (Å²) in [6.07, 6.45) is 4.98. The van der Waals surface area contributed by atoms with Crippen molar-refractivity contribution in [3.8, 4) is 5.82 Å². The minimum Gasteiger partial charge on any atom is -0.467 e. The topological polar surface area (TPSA) is 89.1 Å². The smallest absolute Gasteiger partial charge is 0.225 e. The van der Waals surface area contributed by atoms with E-state index >= 15 is 0 Å². The van der Waals surface area contributed by atoms with Gasteiger partial charge in [0.2, 0.25) is 5.91 Å². The highest BCUT2D eigenvalue weighted by molar-refractivity contribution is 5.79. The van der Waals surface area contributed by atoms with Gasteiger partial charge in [-0.25, -0.2) is 14.6 Å². The van der Waals surface area contributed by atoms with Crippen LogP contribution in [0.25, 0.3) is 5.82 Å². The van der Waals surface area contributed by atoms with Gasteiger partial charge in [0.05, 0.1) is 24.4 Å². The fraction of sp³-hybridized carbons (Fsp3) is 0.400. The molecule has 1 saturated heterocycles. The lowest BCUT2D eigenvalue weighted by Crippen LogP contribution is -2.43. The Morgan fingerprint density at radius 2 is 2.14 bits per heavy atom. The number of piperidine rings is 1. The number of hydrogen-bond donors (Lipinski definition) is 1. The minimum absolute atomic E-state index is 0.0499. The number of nitrogens with zero attached hydrogens (tertiary/aromatic N) is 5. The molecule has 1 fully saturated rings. The van der Waals surface area contributed by atoms with Gasteiger partial charge in [-0.3, -0.25) is 4.79 Å². The summed E-state index contributed by atoms with van der Waals surface area (Å²) in [4.78, 5) is 23.5. The molecule has 0 radical (unpaired) electrons. The first-order valence-corrected chi connectivity index (χ1v) is 9.51. The van der Waals surface area contributed by atoms with Crippen molar-refractivity contribution in [3.63, 3.8) is 0 Å². The van der Waals surface area contributed by atoms with Gasteiger partial charge in [0.25, 0.3) is 0 Å². The highest BCUT2D eigenvalue weighted by Gasteiger charge is 2.27. The first kappa shape index (κ1) is 18.2. The van der Waals surface area contributed by atoms with Gasteiger partial charge in [-0.05, 0) is 44.9 Å².